The van der Waals surface area contributed by atoms with Gasteiger partial charge in [-0.15, -0.1) is 0 Å². The molecule has 0 bridgehead atoms. The molecule has 33 heavy (non-hydrogen) atoms. The highest BCUT2D eigenvalue weighted by atomic mass is 35.5. The average molecular weight is 495 g/mol. The molecule has 0 aliphatic carbocycles. The van der Waals surface area contributed by atoms with Crippen LogP contribution in [-0.2, 0) is 26.0 Å². The molecular formula is C24H31ClN2O5S. The van der Waals surface area contributed by atoms with Crippen molar-refractivity contribution < 1.29 is 22.7 Å². The number of carbonyl (C=O) groups excluding carboxylic acids is 2. The molecule has 9 heteroatoms. The van der Waals surface area contributed by atoms with E-state index in [4.69, 9.17) is 16.3 Å². The summed E-state index contributed by atoms with van der Waals surface area (Å²) in [5.41, 5.74) is 1.09. The molecule has 180 valence electrons. The van der Waals surface area contributed by atoms with E-state index in [1.807, 2.05) is 6.92 Å². The molecule has 0 aromatic heterocycles. The topological polar surface area (TPSA) is 102 Å². The number of benzene rings is 2. The zero-order valence-electron chi connectivity index (χ0n) is 19.7. The van der Waals surface area contributed by atoms with Gasteiger partial charge in [0.1, 0.15) is 5.60 Å². The standard InChI is InChI=1S/C24H31ClN2O5S/c1-15(2)22(28)21(26-23(29)32-24(4,5)6)14-17-13-20(12-7-16(17)3)33(30,31)27-19-10-8-18(25)9-11-19/h7-13,15,21,27H,14H2,1-6H3,(H,26,29)/t21-/m0/s1. The van der Waals surface area contributed by atoms with E-state index in [1.165, 1.54) is 12.1 Å². The smallest absolute Gasteiger partial charge is 0.408 e. The summed E-state index contributed by atoms with van der Waals surface area (Å²) < 4.78 is 33.6. The number of carbonyl (C=O) groups is 2. The molecule has 0 saturated carbocycles. The van der Waals surface area contributed by atoms with Crippen molar-refractivity contribution in [3.05, 3.63) is 58.6 Å². The van der Waals surface area contributed by atoms with Gasteiger partial charge >= 0.3 is 6.09 Å². The Labute approximate surface area is 200 Å². The third kappa shape index (κ3) is 8.05. The van der Waals surface area contributed by atoms with E-state index in [0.717, 1.165) is 5.56 Å². The summed E-state index contributed by atoms with van der Waals surface area (Å²) >= 11 is 5.86. The van der Waals surface area contributed by atoms with E-state index in [0.29, 0.717) is 16.3 Å². The van der Waals surface area contributed by atoms with Crippen LogP contribution in [0.3, 0.4) is 0 Å². The molecule has 2 N–H and O–H groups in total. The van der Waals surface area contributed by atoms with Gasteiger partial charge in [0.15, 0.2) is 5.78 Å². The van der Waals surface area contributed by atoms with Crippen LogP contribution in [0.4, 0.5) is 10.5 Å². The summed E-state index contributed by atoms with van der Waals surface area (Å²) in [4.78, 5) is 25.2. The molecular weight excluding hydrogens is 464 g/mol. The van der Waals surface area contributed by atoms with Crippen LogP contribution < -0.4 is 10.0 Å². The lowest BCUT2D eigenvalue weighted by atomic mass is 9.94. The lowest BCUT2D eigenvalue weighted by Crippen LogP contribution is -2.46. The van der Waals surface area contributed by atoms with Gasteiger partial charge in [-0.25, -0.2) is 13.2 Å². The van der Waals surface area contributed by atoms with Gasteiger partial charge in [0.25, 0.3) is 10.0 Å². The van der Waals surface area contributed by atoms with Gasteiger partial charge in [-0.3, -0.25) is 9.52 Å². The molecule has 7 nitrogen and oxygen atoms in total. The number of nitrogens with one attached hydrogen (secondary N) is 2. The van der Waals surface area contributed by atoms with Crippen LogP contribution in [0.15, 0.2) is 47.4 Å². The number of hydrogen-bond donors (Lipinski definition) is 2. The zero-order chi connectivity index (χ0) is 25.0. The maximum Gasteiger partial charge on any atom is 0.408 e. The van der Waals surface area contributed by atoms with Gasteiger partial charge in [0.2, 0.25) is 0 Å². The molecule has 1 amide bonds. The van der Waals surface area contributed by atoms with Crippen molar-refractivity contribution in [2.24, 2.45) is 5.92 Å². The zero-order valence-corrected chi connectivity index (χ0v) is 21.3. The first-order valence-electron chi connectivity index (χ1n) is 10.6. The SMILES string of the molecule is Cc1ccc(S(=O)(=O)Nc2ccc(Cl)cc2)cc1C[C@H](NC(=O)OC(C)(C)C)C(=O)C(C)C. The second-order valence-corrected chi connectivity index (χ2v) is 11.3. The fraction of sp³-hybridized carbons (Fsp3) is 0.417. The highest BCUT2D eigenvalue weighted by molar-refractivity contribution is 7.92. The Morgan fingerprint density at radius 3 is 2.21 bits per heavy atom. The van der Waals surface area contributed by atoms with Crippen molar-refractivity contribution in [1.82, 2.24) is 5.32 Å². The molecule has 0 unspecified atom stereocenters. The summed E-state index contributed by atoms with van der Waals surface area (Å²) in [6, 6.07) is 10.1. The molecule has 0 aliphatic heterocycles. The maximum absolute atomic E-state index is 12.9. The highest BCUT2D eigenvalue weighted by Gasteiger charge is 2.27. The average Bonchev–Trinajstić information content (AvgIpc) is 2.68. The number of anilines is 1. The Kier molecular flexibility index (Phi) is 8.54. The van der Waals surface area contributed by atoms with Gasteiger partial charge < -0.3 is 10.1 Å². The molecule has 0 spiro atoms. The molecule has 0 radical (unpaired) electrons. The van der Waals surface area contributed by atoms with Crippen molar-refractivity contribution in [3.8, 4) is 0 Å². The predicted molar refractivity (Wildman–Crippen MR) is 130 cm³/mol. The van der Waals surface area contributed by atoms with E-state index >= 15 is 0 Å². The second-order valence-electron chi connectivity index (χ2n) is 9.16. The lowest BCUT2D eigenvalue weighted by Gasteiger charge is -2.24. The normalized spacial score (nSPS) is 12.8. The first-order valence-corrected chi connectivity index (χ1v) is 12.5. The van der Waals surface area contributed by atoms with Crippen molar-refractivity contribution in [2.45, 2.75) is 64.5 Å². The largest absolute Gasteiger partial charge is 0.444 e. The van der Waals surface area contributed by atoms with E-state index in [2.05, 4.69) is 10.0 Å². The molecule has 1 atom stereocenters. The molecule has 2 rings (SSSR count). The number of alkyl carbamates (subject to hydrolysis) is 1. The number of ketones is 1. The number of Topliss-reactive ketones (excluding diaryl/α,β-unsaturated/α-hetero) is 1. The summed E-state index contributed by atoms with van der Waals surface area (Å²) in [6.45, 7) is 10.5. The Bertz CT molecular complexity index is 1110. The van der Waals surface area contributed by atoms with Gasteiger partial charge in [-0.1, -0.05) is 31.5 Å². The Balaban J connectivity index is 2.31. The third-order valence-electron chi connectivity index (χ3n) is 4.75. The number of halogens is 1. The minimum atomic E-state index is -3.87. The number of ether oxygens (including phenoxy) is 1. The van der Waals surface area contributed by atoms with Gasteiger partial charge in [-0.05, 0) is 75.2 Å². The van der Waals surface area contributed by atoms with Crippen LogP contribution in [0.2, 0.25) is 5.02 Å². The first-order chi connectivity index (χ1) is 15.2. The van der Waals surface area contributed by atoms with Crippen molar-refractivity contribution in [2.75, 3.05) is 4.72 Å². The molecule has 0 fully saturated rings. The second kappa shape index (κ2) is 10.6. The fourth-order valence-corrected chi connectivity index (χ4v) is 4.30. The van der Waals surface area contributed by atoms with Crippen LogP contribution in [0, 0.1) is 12.8 Å². The van der Waals surface area contributed by atoms with Gasteiger partial charge in [0, 0.05) is 23.0 Å². The summed E-state index contributed by atoms with van der Waals surface area (Å²) in [5.74, 6) is -0.503. The molecule has 0 saturated heterocycles. The lowest BCUT2D eigenvalue weighted by molar-refractivity contribution is -0.124. The third-order valence-corrected chi connectivity index (χ3v) is 6.39. The number of aryl methyl sites for hydroxylation is 1. The summed E-state index contributed by atoms with van der Waals surface area (Å²) in [5, 5.41) is 3.14. The van der Waals surface area contributed by atoms with Crippen molar-refractivity contribution in [3.63, 3.8) is 0 Å². The minimum Gasteiger partial charge on any atom is -0.444 e. The number of hydrogen-bond acceptors (Lipinski definition) is 5. The van der Waals surface area contributed by atoms with Crippen molar-refractivity contribution >= 4 is 39.2 Å². The summed E-state index contributed by atoms with van der Waals surface area (Å²) in [6.07, 6.45) is -0.570. The van der Waals surface area contributed by atoms with E-state index < -0.39 is 27.8 Å². The highest BCUT2D eigenvalue weighted by Crippen LogP contribution is 2.22. The van der Waals surface area contributed by atoms with Crippen molar-refractivity contribution in [1.29, 1.82) is 0 Å². The molecule has 0 heterocycles. The van der Waals surface area contributed by atoms with Gasteiger partial charge in [0.05, 0.1) is 10.9 Å². The molecule has 2 aromatic carbocycles. The Morgan fingerprint density at radius 2 is 1.67 bits per heavy atom. The van der Waals surface area contributed by atoms with Crippen LogP contribution in [0.1, 0.15) is 45.7 Å². The predicted octanol–water partition coefficient (Wildman–Crippen LogP) is 5.11. The van der Waals surface area contributed by atoms with Gasteiger partial charge in [-0.2, -0.15) is 0 Å². The molecule has 2 aromatic rings. The van der Waals surface area contributed by atoms with E-state index in [-0.39, 0.29) is 23.0 Å². The van der Waals surface area contributed by atoms with E-state index in [9.17, 15) is 18.0 Å². The quantitative estimate of drug-likeness (QED) is 0.531. The van der Waals surface area contributed by atoms with Crippen LogP contribution in [0.5, 0.6) is 0 Å². The number of amides is 1. The van der Waals surface area contributed by atoms with Crippen LogP contribution >= 0.6 is 11.6 Å². The number of sulfonamides is 1. The summed E-state index contributed by atoms with van der Waals surface area (Å²) in [7, 11) is -3.87. The van der Waals surface area contributed by atoms with Crippen LogP contribution in [-0.4, -0.2) is 31.9 Å². The molecule has 0 aliphatic rings. The number of rotatable bonds is 8. The first kappa shape index (κ1) is 26.7. The van der Waals surface area contributed by atoms with E-state index in [1.54, 1.807) is 65.0 Å². The van der Waals surface area contributed by atoms with Crippen LogP contribution in [0.25, 0.3) is 0 Å². The Morgan fingerprint density at radius 1 is 1.06 bits per heavy atom. The maximum atomic E-state index is 12.9. The fourth-order valence-electron chi connectivity index (χ4n) is 3.06. The Hall–Kier alpha value is -2.58. The monoisotopic (exact) mass is 494 g/mol. The minimum absolute atomic E-state index is 0.0473.